The lowest BCUT2D eigenvalue weighted by Crippen LogP contribution is -2.45. The third kappa shape index (κ3) is 10.7. The minimum absolute atomic E-state index is 0.0192. The van der Waals surface area contributed by atoms with Gasteiger partial charge < -0.3 is 27.8 Å². The van der Waals surface area contributed by atoms with Crippen LogP contribution >= 0.6 is 31.7 Å². The van der Waals surface area contributed by atoms with Crippen molar-refractivity contribution in [3.63, 3.8) is 0 Å². The van der Waals surface area contributed by atoms with Crippen LogP contribution in [0.1, 0.15) is 6.92 Å². The first-order valence-electron chi connectivity index (χ1n) is 10.4. The topological polar surface area (TPSA) is 119 Å². The Labute approximate surface area is 224 Å². The predicted molar refractivity (Wildman–Crippen MR) is 129 cm³/mol. The monoisotopic (exact) mass is 601 g/mol. The molecule has 0 radical (unpaired) electrons. The summed E-state index contributed by atoms with van der Waals surface area (Å²) in [6, 6.07) is 11.7. The lowest BCUT2D eigenvalue weighted by Gasteiger charge is -2.25. The molecule has 0 heterocycles. The van der Waals surface area contributed by atoms with Crippen LogP contribution in [0.3, 0.4) is 0 Å². The van der Waals surface area contributed by atoms with E-state index in [1.807, 2.05) is 0 Å². The van der Waals surface area contributed by atoms with E-state index in [1.165, 1.54) is 45.4 Å². The molecule has 0 aliphatic carbocycles. The fourth-order valence-electron chi connectivity index (χ4n) is 2.49. The Morgan fingerprint density at radius 3 is 1.68 bits per heavy atom. The highest BCUT2D eigenvalue weighted by Crippen LogP contribution is 2.50. The van der Waals surface area contributed by atoms with Crippen LogP contribution in [-0.2, 0) is 36.6 Å². The molecular weight excluding hydrogens is 578 g/mol. The lowest BCUT2D eigenvalue weighted by atomic mass is 10.3. The standard InChI is InChI=1S/C21H23F3NO10PS2/c1-4-31-19(26)13-25(20(27)21(22,23)24)14-36(28,34-32-15-5-9-17(10-6-15)37-29-2)35-33-16-7-11-18(12-8-16)38-30-3/h5-12H,4,13-14H2,1-3H3. The molecule has 0 atom stereocenters. The molecule has 0 bridgehead atoms. The summed E-state index contributed by atoms with van der Waals surface area (Å²) in [7, 11) is -1.94. The highest BCUT2D eigenvalue weighted by molar-refractivity contribution is 7.94. The number of halogens is 3. The smallest absolute Gasteiger partial charge is 0.465 e. The van der Waals surface area contributed by atoms with Gasteiger partial charge in [-0.15, -0.1) is 0 Å². The van der Waals surface area contributed by atoms with Gasteiger partial charge in [-0.3, -0.25) is 14.2 Å². The van der Waals surface area contributed by atoms with E-state index in [4.69, 9.17) is 27.5 Å². The number of esters is 1. The molecule has 38 heavy (non-hydrogen) atoms. The molecule has 2 aromatic rings. The minimum atomic E-state index is -5.41. The normalized spacial score (nSPS) is 11.6. The van der Waals surface area contributed by atoms with Crippen molar-refractivity contribution < 1.29 is 59.6 Å². The maximum absolute atomic E-state index is 13.4. The van der Waals surface area contributed by atoms with Gasteiger partial charge in [-0.2, -0.15) is 13.2 Å². The van der Waals surface area contributed by atoms with Gasteiger partial charge in [-0.25, -0.2) is 0 Å². The first-order valence-corrected chi connectivity index (χ1v) is 13.7. The lowest BCUT2D eigenvalue weighted by molar-refractivity contribution is -0.190. The average Bonchev–Trinajstić information content (AvgIpc) is 2.87. The molecule has 1 amide bonds. The number of ether oxygens (including phenoxy) is 1. The van der Waals surface area contributed by atoms with E-state index in [0.717, 1.165) is 24.1 Å². The first kappa shape index (κ1) is 31.8. The van der Waals surface area contributed by atoms with E-state index in [1.54, 1.807) is 24.3 Å². The van der Waals surface area contributed by atoms with Gasteiger partial charge in [-0.05, 0) is 55.5 Å². The Morgan fingerprint density at radius 2 is 1.32 bits per heavy atom. The van der Waals surface area contributed by atoms with E-state index in [9.17, 15) is 27.3 Å². The molecular formula is C21H23F3NO10PS2. The van der Waals surface area contributed by atoms with Crippen molar-refractivity contribution in [1.82, 2.24) is 4.90 Å². The third-order valence-electron chi connectivity index (χ3n) is 4.00. The second kappa shape index (κ2) is 15.2. The van der Waals surface area contributed by atoms with Crippen molar-refractivity contribution in [2.75, 3.05) is 33.7 Å². The molecule has 2 aromatic carbocycles. The van der Waals surface area contributed by atoms with E-state index in [2.05, 4.69) is 4.74 Å². The molecule has 0 aliphatic heterocycles. The van der Waals surface area contributed by atoms with E-state index in [0.29, 0.717) is 9.79 Å². The van der Waals surface area contributed by atoms with Gasteiger partial charge >= 0.3 is 25.6 Å². The summed E-state index contributed by atoms with van der Waals surface area (Å²) in [5.41, 5.74) is 0. The number of amides is 1. The summed E-state index contributed by atoms with van der Waals surface area (Å²) in [5, 5.41) is 0. The van der Waals surface area contributed by atoms with Crippen LogP contribution < -0.4 is 9.78 Å². The molecule has 0 saturated heterocycles. The van der Waals surface area contributed by atoms with Gasteiger partial charge in [0, 0.05) is 33.9 Å². The number of hydrogen-bond donors (Lipinski definition) is 0. The van der Waals surface area contributed by atoms with Gasteiger partial charge in [-0.1, -0.05) is 9.35 Å². The van der Waals surface area contributed by atoms with E-state index >= 15 is 0 Å². The Morgan fingerprint density at radius 1 is 0.868 bits per heavy atom. The maximum atomic E-state index is 13.4. The molecule has 0 N–H and O–H groups in total. The quantitative estimate of drug-likeness (QED) is 0.0853. The number of rotatable bonds is 15. The van der Waals surface area contributed by atoms with E-state index < -0.39 is 38.5 Å². The molecule has 11 nitrogen and oxygen atoms in total. The Kier molecular flexibility index (Phi) is 12.7. The number of benzene rings is 2. The highest BCUT2D eigenvalue weighted by Gasteiger charge is 2.47. The fraction of sp³-hybridized carbons (Fsp3) is 0.333. The molecule has 0 fully saturated rings. The Balaban J connectivity index is 2.27. The zero-order valence-electron chi connectivity index (χ0n) is 20.2. The molecule has 0 aromatic heterocycles. The van der Waals surface area contributed by atoms with Crippen LogP contribution in [0.4, 0.5) is 13.2 Å². The van der Waals surface area contributed by atoms with Crippen LogP contribution in [-0.4, -0.2) is 56.6 Å². The second-order valence-electron chi connectivity index (χ2n) is 6.82. The fourth-order valence-corrected chi connectivity index (χ4v) is 4.53. The Hall–Kier alpha value is -2.46. The first-order chi connectivity index (χ1) is 18.0. The van der Waals surface area contributed by atoms with Crippen LogP contribution in [0.15, 0.2) is 58.3 Å². The van der Waals surface area contributed by atoms with Crippen molar-refractivity contribution in [2.24, 2.45) is 0 Å². The molecule has 210 valence electrons. The second-order valence-corrected chi connectivity index (χ2v) is 10.6. The van der Waals surface area contributed by atoms with Crippen molar-refractivity contribution in [1.29, 1.82) is 0 Å². The molecule has 0 unspecified atom stereocenters. The van der Waals surface area contributed by atoms with Gasteiger partial charge in [0.25, 0.3) is 0 Å². The van der Waals surface area contributed by atoms with Crippen molar-refractivity contribution in [3.8, 4) is 11.5 Å². The van der Waals surface area contributed by atoms with Crippen molar-refractivity contribution >= 4 is 43.6 Å². The third-order valence-corrected chi connectivity index (χ3v) is 6.55. The molecule has 17 heteroatoms. The van der Waals surface area contributed by atoms with Crippen LogP contribution in [0.25, 0.3) is 0 Å². The minimum Gasteiger partial charge on any atom is -0.465 e. The van der Waals surface area contributed by atoms with Crippen LogP contribution in [0.5, 0.6) is 11.5 Å². The van der Waals surface area contributed by atoms with Gasteiger partial charge in [0.05, 0.1) is 20.8 Å². The number of nitrogens with zero attached hydrogens (tertiary/aromatic N) is 1. The molecule has 0 aliphatic rings. The Bertz CT molecular complexity index is 1030. The summed E-state index contributed by atoms with van der Waals surface area (Å²) in [4.78, 5) is 35.1. The van der Waals surface area contributed by atoms with Crippen LogP contribution in [0.2, 0.25) is 0 Å². The zero-order chi connectivity index (χ0) is 28.2. The zero-order valence-corrected chi connectivity index (χ0v) is 22.7. The summed E-state index contributed by atoms with van der Waals surface area (Å²) >= 11 is 2.08. The number of carbonyl (C=O) groups excluding carboxylic acids is 2. The maximum Gasteiger partial charge on any atom is 0.471 e. The summed E-state index contributed by atoms with van der Waals surface area (Å²) in [6.07, 6.45) is -6.79. The number of carbonyl (C=O) groups is 2. The number of alkyl halides is 3. The molecule has 0 spiro atoms. The average molecular weight is 602 g/mol. The highest BCUT2D eigenvalue weighted by atomic mass is 32.2. The largest absolute Gasteiger partial charge is 0.471 e. The van der Waals surface area contributed by atoms with Crippen molar-refractivity contribution in [3.05, 3.63) is 48.5 Å². The van der Waals surface area contributed by atoms with E-state index in [-0.39, 0.29) is 23.0 Å². The van der Waals surface area contributed by atoms with Crippen LogP contribution in [0, 0.1) is 0 Å². The summed E-state index contributed by atoms with van der Waals surface area (Å²) in [5.74, 6) is -3.71. The summed E-state index contributed by atoms with van der Waals surface area (Å²) < 4.78 is 77.2. The number of hydrogen-bond acceptors (Lipinski definition) is 12. The van der Waals surface area contributed by atoms with Gasteiger partial charge in [0.15, 0.2) is 11.5 Å². The van der Waals surface area contributed by atoms with Gasteiger partial charge in [0.1, 0.15) is 12.8 Å². The molecule has 2 rings (SSSR count). The van der Waals surface area contributed by atoms with Gasteiger partial charge in [0.2, 0.25) is 0 Å². The SMILES string of the molecule is CCOC(=O)CN(CP(=O)(OOc1ccc(SOC)cc1)OOc1ccc(SOC)cc1)C(=O)C(F)(F)F. The predicted octanol–water partition coefficient (Wildman–Crippen LogP) is 5.42. The molecule has 0 saturated carbocycles. The van der Waals surface area contributed by atoms with Crippen molar-refractivity contribution in [2.45, 2.75) is 22.9 Å². The summed E-state index contributed by atoms with van der Waals surface area (Å²) in [6.45, 7) is 0.0483.